The third-order valence-electron chi connectivity index (χ3n) is 4.42. The predicted molar refractivity (Wildman–Crippen MR) is 105 cm³/mol. The van der Waals surface area contributed by atoms with Crippen LogP contribution in [0.3, 0.4) is 0 Å². The molecule has 134 valence electrons. The van der Waals surface area contributed by atoms with E-state index in [2.05, 4.69) is 16.8 Å². The number of halogens is 2. The minimum atomic E-state index is -0.169. The third-order valence-corrected chi connectivity index (χ3v) is 6.25. The Morgan fingerprint density at radius 3 is 2.60 bits per heavy atom. The molecule has 5 nitrogen and oxygen atoms in total. The smallest absolute Gasteiger partial charge is 0.270 e. The zero-order valence-electron chi connectivity index (χ0n) is 14.1. The summed E-state index contributed by atoms with van der Waals surface area (Å²) >= 11 is 13.3. The van der Waals surface area contributed by atoms with Gasteiger partial charge in [-0.05, 0) is 37.0 Å². The monoisotopic (exact) mass is 398 g/mol. The zero-order valence-corrected chi connectivity index (χ0v) is 16.5. The Labute approximate surface area is 161 Å². The Morgan fingerprint density at radius 2 is 1.96 bits per heavy atom. The number of nitrogens with zero attached hydrogens (tertiary/aromatic N) is 3. The van der Waals surface area contributed by atoms with Crippen molar-refractivity contribution >= 4 is 46.7 Å². The minimum absolute atomic E-state index is 0.169. The molecule has 0 saturated carbocycles. The van der Waals surface area contributed by atoms with E-state index >= 15 is 0 Å². The quantitative estimate of drug-likeness (QED) is 0.844. The molecular formula is C17H20Cl2N4OS. The molecule has 8 heteroatoms. The Kier molecular flexibility index (Phi) is 5.51. The van der Waals surface area contributed by atoms with Crippen molar-refractivity contribution in [3.63, 3.8) is 0 Å². The van der Waals surface area contributed by atoms with Crippen molar-refractivity contribution in [2.45, 2.75) is 29.6 Å². The van der Waals surface area contributed by atoms with Gasteiger partial charge in [-0.25, -0.2) is 0 Å². The molecule has 0 atom stereocenters. The summed E-state index contributed by atoms with van der Waals surface area (Å²) < 4.78 is 1.57. The lowest BCUT2D eigenvalue weighted by molar-refractivity contribution is 0.430. The highest BCUT2D eigenvalue weighted by atomic mass is 35.5. The van der Waals surface area contributed by atoms with Crippen LogP contribution in [0.15, 0.2) is 32.8 Å². The maximum atomic E-state index is 12.8. The first-order valence-corrected chi connectivity index (χ1v) is 9.68. The molecule has 1 aliphatic rings. The van der Waals surface area contributed by atoms with Gasteiger partial charge in [0, 0.05) is 30.1 Å². The first-order valence-electron chi connectivity index (χ1n) is 8.11. The van der Waals surface area contributed by atoms with Gasteiger partial charge in [-0.15, -0.1) is 0 Å². The molecule has 3 rings (SSSR count). The van der Waals surface area contributed by atoms with E-state index in [4.69, 9.17) is 28.9 Å². The normalized spacial score (nSPS) is 15.6. The molecule has 0 bridgehead atoms. The standard InChI is InChI=1S/C17H20Cl2N4OS/c1-10-5-7-23(8-6-10)17-21-15(20)14(16(24)22(17)2)25-13-4-3-11(18)9-12(13)19/h3-4,9-10H,5-8,20H2,1-2H3. The van der Waals surface area contributed by atoms with Crippen LogP contribution < -0.4 is 16.2 Å². The van der Waals surface area contributed by atoms with Gasteiger partial charge in [0.1, 0.15) is 10.7 Å². The summed E-state index contributed by atoms with van der Waals surface area (Å²) in [7, 11) is 1.73. The first kappa shape index (κ1) is 18.4. The Morgan fingerprint density at radius 1 is 1.28 bits per heavy atom. The summed E-state index contributed by atoms with van der Waals surface area (Å²) in [5.41, 5.74) is 5.94. The van der Waals surface area contributed by atoms with Gasteiger partial charge in [0.15, 0.2) is 0 Å². The van der Waals surface area contributed by atoms with Crippen molar-refractivity contribution in [1.82, 2.24) is 9.55 Å². The zero-order chi connectivity index (χ0) is 18.1. The van der Waals surface area contributed by atoms with E-state index in [9.17, 15) is 4.79 Å². The van der Waals surface area contributed by atoms with Crippen LogP contribution in [0.5, 0.6) is 0 Å². The summed E-state index contributed by atoms with van der Waals surface area (Å²) in [5.74, 6) is 1.56. The molecule has 0 radical (unpaired) electrons. The number of hydrogen-bond donors (Lipinski definition) is 1. The molecule has 0 amide bonds. The Bertz CT molecular complexity index is 847. The number of benzene rings is 1. The fourth-order valence-corrected chi connectivity index (χ4v) is 4.25. The van der Waals surface area contributed by atoms with Gasteiger partial charge in [0.25, 0.3) is 5.56 Å². The van der Waals surface area contributed by atoms with Crippen LogP contribution in [-0.4, -0.2) is 22.6 Å². The second-order valence-electron chi connectivity index (χ2n) is 6.34. The van der Waals surface area contributed by atoms with Gasteiger partial charge in [0.05, 0.1) is 5.02 Å². The molecule has 0 aliphatic carbocycles. The van der Waals surface area contributed by atoms with E-state index in [0.717, 1.165) is 30.8 Å². The summed E-state index contributed by atoms with van der Waals surface area (Å²) in [6, 6.07) is 5.14. The van der Waals surface area contributed by atoms with Crippen molar-refractivity contribution in [2.75, 3.05) is 23.7 Å². The molecule has 1 aromatic heterocycles. The van der Waals surface area contributed by atoms with Gasteiger partial charge in [-0.3, -0.25) is 9.36 Å². The largest absolute Gasteiger partial charge is 0.382 e. The van der Waals surface area contributed by atoms with E-state index in [0.29, 0.717) is 26.8 Å². The van der Waals surface area contributed by atoms with E-state index in [-0.39, 0.29) is 11.4 Å². The number of nitrogens with two attached hydrogens (primary N) is 1. The van der Waals surface area contributed by atoms with E-state index in [1.54, 1.807) is 29.8 Å². The van der Waals surface area contributed by atoms with Gasteiger partial charge < -0.3 is 10.6 Å². The lowest BCUT2D eigenvalue weighted by Gasteiger charge is -2.32. The predicted octanol–water partition coefficient (Wildman–Crippen LogP) is 4.06. The van der Waals surface area contributed by atoms with Gasteiger partial charge >= 0.3 is 0 Å². The summed E-state index contributed by atoms with van der Waals surface area (Å²) in [6.07, 6.45) is 2.18. The van der Waals surface area contributed by atoms with Crippen molar-refractivity contribution < 1.29 is 0 Å². The van der Waals surface area contributed by atoms with Crippen molar-refractivity contribution in [1.29, 1.82) is 0 Å². The molecular weight excluding hydrogens is 379 g/mol. The highest BCUT2D eigenvalue weighted by Crippen LogP contribution is 2.35. The maximum absolute atomic E-state index is 12.8. The Balaban J connectivity index is 1.94. The number of anilines is 2. The van der Waals surface area contributed by atoms with Crippen molar-refractivity contribution in [3.8, 4) is 0 Å². The maximum Gasteiger partial charge on any atom is 0.270 e. The first-order chi connectivity index (χ1) is 11.9. The molecule has 2 N–H and O–H groups in total. The topological polar surface area (TPSA) is 64.2 Å². The number of hydrogen-bond acceptors (Lipinski definition) is 5. The van der Waals surface area contributed by atoms with Crippen LogP contribution in [0.4, 0.5) is 11.8 Å². The highest BCUT2D eigenvalue weighted by molar-refractivity contribution is 7.99. The number of nitrogen functional groups attached to an aromatic ring is 1. The number of aromatic nitrogens is 2. The minimum Gasteiger partial charge on any atom is -0.382 e. The van der Waals surface area contributed by atoms with Crippen LogP contribution >= 0.6 is 35.0 Å². The lowest BCUT2D eigenvalue weighted by atomic mass is 10.00. The number of rotatable bonds is 3. The van der Waals surface area contributed by atoms with Crippen LogP contribution in [0.25, 0.3) is 0 Å². The van der Waals surface area contributed by atoms with Crippen LogP contribution in [0.1, 0.15) is 19.8 Å². The van der Waals surface area contributed by atoms with Crippen molar-refractivity contribution in [3.05, 3.63) is 38.6 Å². The van der Waals surface area contributed by atoms with E-state index < -0.39 is 0 Å². The molecule has 2 aromatic rings. The Hall–Kier alpha value is -1.37. The van der Waals surface area contributed by atoms with Crippen LogP contribution in [0.2, 0.25) is 10.0 Å². The fraction of sp³-hybridized carbons (Fsp3) is 0.412. The second kappa shape index (κ2) is 7.48. The van der Waals surface area contributed by atoms with Gasteiger partial charge in [-0.2, -0.15) is 4.98 Å². The average molecular weight is 399 g/mol. The molecule has 25 heavy (non-hydrogen) atoms. The van der Waals surface area contributed by atoms with Crippen LogP contribution in [-0.2, 0) is 7.05 Å². The molecule has 1 aliphatic heterocycles. The third kappa shape index (κ3) is 3.91. The average Bonchev–Trinajstić information content (AvgIpc) is 2.57. The molecule has 2 heterocycles. The van der Waals surface area contributed by atoms with Gasteiger partial charge in [-0.1, -0.05) is 41.9 Å². The van der Waals surface area contributed by atoms with E-state index in [1.165, 1.54) is 11.8 Å². The highest BCUT2D eigenvalue weighted by Gasteiger charge is 2.22. The SMILES string of the molecule is CC1CCN(c2nc(N)c(Sc3ccc(Cl)cc3Cl)c(=O)n2C)CC1. The summed E-state index contributed by atoms with van der Waals surface area (Å²) in [5, 5.41) is 1.02. The fourth-order valence-electron chi connectivity index (χ4n) is 2.84. The summed E-state index contributed by atoms with van der Waals surface area (Å²) in [6.45, 7) is 4.01. The van der Waals surface area contributed by atoms with Crippen molar-refractivity contribution in [2.24, 2.45) is 13.0 Å². The molecule has 0 spiro atoms. The molecule has 1 fully saturated rings. The second-order valence-corrected chi connectivity index (χ2v) is 8.23. The van der Waals surface area contributed by atoms with Crippen LogP contribution in [0, 0.1) is 5.92 Å². The molecule has 1 aromatic carbocycles. The lowest BCUT2D eigenvalue weighted by Crippen LogP contribution is -2.38. The van der Waals surface area contributed by atoms with Gasteiger partial charge in [0.2, 0.25) is 5.95 Å². The number of piperidine rings is 1. The summed E-state index contributed by atoms with van der Waals surface area (Å²) in [4.78, 5) is 20.5. The molecule has 1 saturated heterocycles. The molecule has 0 unspecified atom stereocenters. The van der Waals surface area contributed by atoms with E-state index in [1.807, 2.05) is 0 Å².